The molecule has 3 rings (SSSR count). The number of hydrogen-bond donors (Lipinski definition) is 2. The summed E-state index contributed by atoms with van der Waals surface area (Å²) in [5.74, 6) is -0.252. The van der Waals surface area contributed by atoms with Crippen LogP contribution in [0, 0.1) is 20.8 Å². The zero-order valence-electron chi connectivity index (χ0n) is 13.9. The maximum atomic E-state index is 12.4. The molecule has 0 aliphatic rings. The number of hydrogen-bond acceptors (Lipinski definition) is 3. The van der Waals surface area contributed by atoms with Crippen molar-refractivity contribution in [2.75, 3.05) is 5.32 Å². The van der Waals surface area contributed by atoms with Gasteiger partial charge >= 0.3 is 0 Å². The summed E-state index contributed by atoms with van der Waals surface area (Å²) in [5, 5.41) is 14.9. The highest BCUT2D eigenvalue weighted by atomic mass is 35.5. The van der Waals surface area contributed by atoms with Gasteiger partial charge in [0.1, 0.15) is 5.69 Å². The molecule has 2 N–H and O–H groups in total. The Morgan fingerprint density at radius 1 is 1.25 bits per heavy atom. The van der Waals surface area contributed by atoms with Crippen molar-refractivity contribution in [3.8, 4) is 11.3 Å². The Kier molecular flexibility index (Phi) is 4.15. The quantitative estimate of drug-likeness (QED) is 0.762. The first-order valence-corrected chi connectivity index (χ1v) is 7.88. The molecule has 3 aromatic rings. The average molecular weight is 344 g/mol. The average Bonchev–Trinajstić information content (AvgIpc) is 3.08. The maximum absolute atomic E-state index is 12.4. The Bertz CT molecular complexity index is 925. The third kappa shape index (κ3) is 2.92. The van der Waals surface area contributed by atoms with E-state index in [0.29, 0.717) is 22.1 Å². The van der Waals surface area contributed by atoms with Crippen LogP contribution in [0.25, 0.3) is 11.3 Å². The van der Waals surface area contributed by atoms with Crippen molar-refractivity contribution in [2.24, 2.45) is 7.05 Å². The number of H-pyrrole nitrogens is 1. The van der Waals surface area contributed by atoms with Crippen molar-refractivity contribution in [1.29, 1.82) is 0 Å². The number of benzene rings is 1. The van der Waals surface area contributed by atoms with Gasteiger partial charge in [0.15, 0.2) is 0 Å². The molecule has 1 amide bonds. The summed E-state index contributed by atoms with van der Waals surface area (Å²) in [6.07, 6.45) is 0. The van der Waals surface area contributed by atoms with Gasteiger partial charge in [0.2, 0.25) is 0 Å². The monoisotopic (exact) mass is 343 g/mol. The molecule has 0 fully saturated rings. The van der Waals surface area contributed by atoms with Crippen molar-refractivity contribution < 1.29 is 4.79 Å². The minimum absolute atomic E-state index is 0.252. The van der Waals surface area contributed by atoms with Crippen LogP contribution in [0.5, 0.6) is 0 Å². The van der Waals surface area contributed by atoms with Crippen LogP contribution in [0.15, 0.2) is 24.3 Å². The number of halogens is 1. The fraction of sp³-hybridized carbons (Fsp3) is 0.235. The van der Waals surface area contributed by atoms with Crippen LogP contribution in [0.3, 0.4) is 0 Å². The van der Waals surface area contributed by atoms with E-state index in [-0.39, 0.29) is 5.91 Å². The molecule has 2 aromatic heterocycles. The second-order valence-electron chi connectivity index (χ2n) is 5.75. The predicted molar refractivity (Wildman–Crippen MR) is 94.4 cm³/mol. The van der Waals surface area contributed by atoms with Crippen LogP contribution < -0.4 is 5.32 Å². The number of aromatic nitrogens is 4. The normalized spacial score (nSPS) is 10.9. The molecule has 0 aliphatic carbocycles. The molecule has 1 aromatic carbocycles. The minimum Gasteiger partial charge on any atom is -0.320 e. The molecule has 0 atom stereocenters. The fourth-order valence-corrected chi connectivity index (χ4v) is 2.89. The number of nitrogens with one attached hydrogen (secondary N) is 2. The summed E-state index contributed by atoms with van der Waals surface area (Å²) in [6, 6.07) is 7.06. The third-order valence-corrected chi connectivity index (χ3v) is 4.26. The molecule has 0 aliphatic heterocycles. The van der Waals surface area contributed by atoms with E-state index in [4.69, 9.17) is 11.6 Å². The zero-order chi connectivity index (χ0) is 17.4. The molecule has 0 bridgehead atoms. The van der Waals surface area contributed by atoms with Gasteiger partial charge in [0.05, 0.1) is 11.4 Å². The molecule has 0 saturated heterocycles. The lowest BCUT2D eigenvalue weighted by atomic mass is 10.1. The van der Waals surface area contributed by atoms with E-state index in [2.05, 4.69) is 20.6 Å². The number of nitrogens with zero attached hydrogens (tertiary/aromatic N) is 3. The first-order valence-electron chi connectivity index (χ1n) is 7.50. The maximum Gasteiger partial charge on any atom is 0.273 e. The van der Waals surface area contributed by atoms with Gasteiger partial charge in [-0.05, 0) is 50.6 Å². The number of carbonyl (C=O) groups is 1. The van der Waals surface area contributed by atoms with Crippen molar-refractivity contribution in [2.45, 2.75) is 20.8 Å². The molecule has 7 heteroatoms. The summed E-state index contributed by atoms with van der Waals surface area (Å²) in [4.78, 5) is 12.4. The van der Waals surface area contributed by atoms with Gasteiger partial charge in [-0.2, -0.15) is 10.2 Å². The molecule has 24 heavy (non-hydrogen) atoms. The molecular formula is C17H18ClN5O. The summed E-state index contributed by atoms with van der Waals surface area (Å²) < 4.78 is 1.80. The van der Waals surface area contributed by atoms with Crippen molar-refractivity contribution >= 4 is 23.2 Å². The highest BCUT2D eigenvalue weighted by Crippen LogP contribution is 2.26. The van der Waals surface area contributed by atoms with Gasteiger partial charge in [-0.1, -0.05) is 11.6 Å². The smallest absolute Gasteiger partial charge is 0.273 e. The van der Waals surface area contributed by atoms with Crippen LogP contribution in [0.4, 0.5) is 5.69 Å². The van der Waals surface area contributed by atoms with Crippen LogP contribution in [0.1, 0.15) is 27.4 Å². The largest absolute Gasteiger partial charge is 0.320 e. The Balaban J connectivity index is 1.86. The van der Waals surface area contributed by atoms with E-state index in [0.717, 1.165) is 22.5 Å². The number of aromatic amines is 1. The second-order valence-corrected chi connectivity index (χ2v) is 6.19. The lowest BCUT2D eigenvalue weighted by molar-refractivity contribution is 0.102. The van der Waals surface area contributed by atoms with Gasteiger partial charge in [0, 0.05) is 29.0 Å². The Hall–Kier alpha value is -2.60. The minimum atomic E-state index is -0.252. The first kappa shape index (κ1) is 16.3. The van der Waals surface area contributed by atoms with Gasteiger partial charge in [0.25, 0.3) is 5.91 Å². The summed E-state index contributed by atoms with van der Waals surface area (Å²) in [7, 11) is 1.88. The molecule has 0 unspecified atom stereocenters. The second kappa shape index (κ2) is 6.13. The number of carbonyl (C=O) groups excluding carboxylic acids is 1. The van der Waals surface area contributed by atoms with Crippen molar-refractivity contribution in [1.82, 2.24) is 20.0 Å². The van der Waals surface area contributed by atoms with Crippen LogP contribution in [-0.2, 0) is 7.05 Å². The molecule has 0 radical (unpaired) electrons. The van der Waals surface area contributed by atoms with Crippen molar-refractivity contribution in [3.05, 3.63) is 51.9 Å². The number of amides is 1. The van der Waals surface area contributed by atoms with Crippen molar-refractivity contribution in [3.63, 3.8) is 0 Å². The van der Waals surface area contributed by atoms with Gasteiger partial charge in [-0.25, -0.2) is 0 Å². The molecule has 2 heterocycles. The molecule has 0 spiro atoms. The number of rotatable bonds is 3. The number of aryl methyl sites for hydroxylation is 3. The molecule has 124 valence electrons. The number of anilines is 1. The summed E-state index contributed by atoms with van der Waals surface area (Å²) >= 11 is 5.94. The van der Waals surface area contributed by atoms with E-state index in [1.165, 1.54) is 0 Å². The standard InChI is InChI=1S/C17H18ClN5O/c1-9-7-12(18)5-6-13(9)19-17(24)15-8-14(20-21-15)16-10(2)22-23(4)11(16)3/h5-8H,1-4H3,(H,19,24)(H,20,21). The van der Waals surface area contributed by atoms with E-state index >= 15 is 0 Å². The third-order valence-electron chi connectivity index (χ3n) is 4.02. The lowest BCUT2D eigenvalue weighted by Gasteiger charge is -2.07. The van der Waals surface area contributed by atoms with E-state index in [9.17, 15) is 4.79 Å². The van der Waals surface area contributed by atoms with Gasteiger partial charge < -0.3 is 5.32 Å². The highest BCUT2D eigenvalue weighted by molar-refractivity contribution is 6.30. The summed E-state index contributed by atoms with van der Waals surface area (Å²) in [6.45, 7) is 5.79. The van der Waals surface area contributed by atoms with E-state index in [1.807, 2.05) is 27.8 Å². The Morgan fingerprint density at radius 3 is 2.62 bits per heavy atom. The predicted octanol–water partition coefficient (Wildman–Crippen LogP) is 3.64. The van der Waals surface area contributed by atoms with E-state index in [1.54, 1.807) is 28.9 Å². The van der Waals surface area contributed by atoms with Crippen LogP contribution in [-0.4, -0.2) is 25.9 Å². The van der Waals surface area contributed by atoms with Gasteiger partial charge in [-0.3, -0.25) is 14.6 Å². The Morgan fingerprint density at radius 2 is 2.00 bits per heavy atom. The molecule has 6 nitrogen and oxygen atoms in total. The lowest BCUT2D eigenvalue weighted by Crippen LogP contribution is -2.13. The SMILES string of the molecule is Cc1cc(Cl)ccc1NC(=O)c1cc(-c2c(C)nn(C)c2C)n[nH]1. The van der Waals surface area contributed by atoms with Gasteiger partial charge in [-0.15, -0.1) is 0 Å². The molecule has 0 saturated carbocycles. The highest BCUT2D eigenvalue weighted by Gasteiger charge is 2.17. The van der Waals surface area contributed by atoms with Crippen LogP contribution in [0.2, 0.25) is 5.02 Å². The summed E-state index contributed by atoms with van der Waals surface area (Å²) in [5.41, 5.74) is 5.53. The Labute approximate surface area is 144 Å². The van der Waals surface area contributed by atoms with E-state index < -0.39 is 0 Å². The fourth-order valence-electron chi connectivity index (χ4n) is 2.67. The van der Waals surface area contributed by atoms with Crippen LogP contribution >= 0.6 is 11.6 Å². The topological polar surface area (TPSA) is 75.6 Å². The zero-order valence-corrected chi connectivity index (χ0v) is 14.7. The first-order chi connectivity index (χ1) is 11.4. The molecular weight excluding hydrogens is 326 g/mol.